The van der Waals surface area contributed by atoms with E-state index < -0.39 is 0 Å². The quantitative estimate of drug-likeness (QED) is 0.600. The lowest BCUT2D eigenvalue weighted by atomic mass is 10.0. The molecule has 1 heteroatoms. The Morgan fingerprint density at radius 2 is 1.58 bits per heavy atom. The van der Waals surface area contributed by atoms with Gasteiger partial charge in [0.2, 0.25) is 0 Å². The van der Waals surface area contributed by atoms with Gasteiger partial charge in [-0.25, -0.2) is 0 Å². The van der Waals surface area contributed by atoms with Crippen LogP contribution in [0.5, 0.6) is 0 Å². The van der Waals surface area contributed by atoms with Gasteiger partial charge in [-0.3, -0.25) is 0 Å². The van der Waals surface area contributed by atoms with Crippen molar-refractivity contribution in [3.63, 3.8) is 0 Å². The van der Waals surface area contributed by atoms with Crippen molar-refractivity contribution in [2.24, 2.45) is 0 Å². The third-order valence-electron chi connectivity index (χ3n) is 3.81. The van der Waals surface area contributed by atoms with E-state index in [9.17, 15) is 0 Å². The molecule has 108 valence electrons. The van der Waals surface area contributed by atoms with Crippen LogP contribution in [0.4, 0.5) is 0 Å². The number of unbranched alkanes of at least 4 members (excludes halogenated alkanes) is 3. The predicted octanol–water partition coefficient (Wildman–Crippen LogP) is 4.74. The molecular weight excluding hydrogens is 230 g/mol. The zero-order valence-electron chi connectivity index (χ0n) is 13.0. The third kappa shape index (κ3) is 6.77. The average Bonchev–Trinajstić information content (AvgIpc) is 2.45. The molecule has 1 nitrogen and oxygen atoms in total. The van der Waals surface area contributed by atoms with Crippen LogP contribution < -0.4 is 5.32 Å². The molecule has 1 atom stereocenters. The van der Waals surface area contributed by atoms with Gasteiger partial charge in [-0.15, -0.1) is 0 Å². The van der Waals surface area contributed by atoms with Crippen molar-refractivity contribution in [3.8, 4) is 0 Å². The first-order chi connectivity index (χ1) is 9.30. The summed E-state index contributed by atoms with van der Waals surface area (Å²) in [5, 5.41) is 3.54. The Morgan fingerprint density at radius 3 is 2.16 bits per heavy atom. The third-order valence-corrected chi connectivity index (χ3v) is 3.81. The van der Waals surface area contributed by atoms with Gasteiger partial charge < -0.3 is 5.32 Å². The van der Waals surface area contributed by atoms with E-state index in [0.717, 1.165) is 13.0 Å². The molecule has 1 N–H and O–H groups in total. The SMILES string of the molecule is CCCCCCc1ccc(CC(CC)NCC)cc1. The second kappa shape index (κ2) is 10.0. The molecule has 0 aliphatic rings. The summed E-state index contributed by atoms with van der Waals surface area (Å²) in [7, 11) is 0. The first kappa shape index (κ1) is 16.2. The van der Waals surface area contributed by atoms with E-state index in [-0.39, 0.29) is 0 Å². The number of likely N-dealkylation sites (N-methyl/N-ethyl adjacent to an activating group) is 1. The molecule has 1 aromatic rings. The zero-order valence-corrected chi connectivity index (χ0v) is 13.0. The average molecular weight is 261 g/mol. The molecular formula is C18H31N. The molecule has 1 unspecified atom stereocenters. The van der Waals surface area contributed by atoms with E-state index in [1.54, 1.807) is 0 Å². The van der Waals surface area contributed by atoms with Crippen molar-refractivity contribution in [3.05, 3.63) is 35.4 Å². The number of hydrogen-bond donors (Lipinski definition) is 1. The molecule has 0 radical (unpaired) electrons. The summed E-state index contributed by atoms with van der Waals surface area (Å²) in [6.07, 6.45) is 9.00. The second-order valence-corrected chi connectivity index (χ2v) is 5.49. The second-order valence-electron chi connectivity index (χ2n) is 5.49. The number of nitrogens with one attached hydrogen (secondary N) is 1. The molecule has 0 saturated heterocycles. The number of aryl methyl sites for hydroxylation is 1. The first-order valence-electron chi connectivity index (χ1n) is 8.11. The molecule has 19 heavy (non-hydrogen) atoms. The normalized spacial score (nSPS) is 12.6. The lowest BCUT2D eigenvalue weighted by Crippen LogP contribution is -2.30. The zero-order chi connectivity index (χ0) is 13.9. The minimum Gasteiger partial charge on any atom is -0.314 e. The van der Waals surface area contributed by atoms with Gasteiger partial charge in [0.1, 0.15) is 0 Å². The van der Waals surface area contributed by atoms with Crippen molar-refractivity contribution in [2.45, 2.75) is 71.8 Å². The molecule has 0 aliphatic carbocycles. The van der Waals surface area contributed by atoms with Gasteiger partial charge in [-0.2, -0.15) is 0 Å². The maximum absolute atomic E-state index is 3.54. The molecule has 0 aromatic heterocycles. The van der Waals surface area contributed by atoms with Gasteiger partial charge in [-0.05, 0) is 43.4 Å². The van der Waals surface area contributed by atoms with E-state index >= 15 is 0 Å². The highest BCUT2D eigenvalue weighted by molar-refractivity contribution is 5.23. The Morgan fingerprint density at radius 1 is 0.895 bits per heavy atom. The lowest BCUT2D eigenvalue weighted by Gasteiger charge is -2.15. The van der Waals surface area contributed by atoms with Gasteiger partial charge in [0, 0.05) is 6.04 Å². The largest absolute Gasteiger partial charge is 0.314 e. The maximum Gasteiger partial charge on any atom is 0.0105 e. The fourth-order valence-corrected chi connectivity index (χ4v) is 2.53. The van der Waals surface area contributed by atoms with Crippen LogP contribution in [0.1, 0.15) is 64.0 Å². The van der Waals surface area contributed by atoms with Crippen LogP contribution in [0.2, 0.25) is 0 Å². The first-order valence-corrected chi connectivity index (χ1v) is 8.11. The van der Waals surface area contributed by atoms with Crippen molar-refractivity contribution >= 4 is 0 Å². The van der Waals surface area contributed by atoms with E-state index in [0.29, 0.717) is 6.04 Å². The molecule has 0 heterocycles. The van der Waals surface area contributed by atoms with Crippen molar-refractivity contribution in [1.82, 2.24) is 5.32 Å². The monoisotopic (exact) mass is 261 g/mol. The minimum atomic E-state index is 0.625. The predicted molar refractivity (Wildman–Crippen MR) is 85.7 cm³/mol. The highest BCUT2D eigenvalue weighted by Crippen LogP contribution is 2.11. The topological polar surface area (TPSA) is 12.0 Å². The summed E-state index contributed by atoms with van der Waals surface area (Å²) < 4.78 is 0. The van der Waals surface area contributed by atoms with Crippen molar-refractivity contribution in [2.75, 3.05) is 6.54 Å². The Balaban J connectivity index is 2.38. The van der Waals surface area contributed by atoms with E-state index in [4.69, 9.17) is 0 Å². The van der Waals surface area contributed by atoms with Gasteiger partial charge >= 0.3 is 0 Å². The van der Waals surface area contributed by atoms with Crippen LogP contribution in [-0.2, 0) is 12.8 Å². The van der Waals surface area contributed by atoms with Crippen LogP contribution in [-0.4, -0.2) is 12.6 Å². The Bertz CT molecular complexity index is 315. The van der Waals surface area contributed by atoms with Crippen molar-refractivity contribution in [1.29, 1.82) is 0 Å². The smallest absolute Gasteiger partial charge is 0.0105 e. The molecule has 0 amide bonds. The number of benzene rings is 1. The van der Waals surface area contributed by atoms with Crippen LogP contribution in [0, 0.1) is 0 Å². The van der Waals surface area contributed by atoms with E-state index in [1.165, 1.54) is 49.7 Å². The lowest BCUT2D eigenvalue weighted by molar-refractivity contribution is 0.510. The summed E-state index contributed by atoms with van der Waals surface area (Å²) in [5.74, 6) is 0. The summed E-state index contributed by atoms with van der Waals surface area (Å²) >= 11 is 0. The number of rotatable bonds is 10. The Labute approximate surface area is 119 Å². The highest BCUT2D eigenvalue weighted by Gasteiger charge is 2.05. The molecule has 0 fully saturated rings. The maximum atomic E-state index is 3.54. The van der Waals surface area contributed by atoms with Crippen LogP contribution in [0.3, 0.4) is 0 Å². The standard InChI is InChI=1S/C18H31N/c1-4-7-8-9-10-16-11-13-17(14-12-16)15-18(5-2)19-6-3/h11-14,18-19H,4-10,15H2,1-3H3. The molecule has 1 rings (SSSR count). The molecule has 1 aromatic carbocycles. The van der Waals surface area contributed by atoms with E-state index in [1.807, 2.05) is 0 Å². The van der Waals surface area contributed by atoms with Crippen molar-refractivity contribution < 1.29 is 0 Å². The molecule has 0 saturated carbocycles. The number of hydrogen-bond acceptors (Lipinski definition) is 1. The highest BCUT2D eigenvalue weighted by atomic mass is 14.9. The summed E-state index contributed by atoms with van der Waals surface area (Å²) in [4.78, 5) is 0. The van der Waals surface area contributed by atoms with Crippen LogP contribution in [0.15, 0.2) is 24.3 Å². The van der Waals surface area contributed by atoms with Gasteiger partial charge in [0.25, 0.3) is 0 Å². The molecule has 0 spiro atoms. The van der Waals surface area contributed by atoms with Crippen LogP contribution in [0.25, 0.3) is 0 Å². The fourth-order valence-electron chi connectivity index (χ4n) is 2.53. The van der Waals surface area contributed by atoms with Gasteiger partial charge in [0.05, 0.1) is 0 Å². The van der Waals surface area contributed by atoms with Crippen LogP contribution >= 0.6 is 0 Å². The van der Waals surface area contributed by atoms with E-state index in [2.05, 4.69) is 50.4 Å². The minimum absolute atomic E-state index is 0.625. The van der Waals surface area contributed by atoms with Gasteiger partial charge in [-0.1, -0.05) is 64.3 Å². The molecule has 0 aliphatic heterocycles. The Kier molecular flexibility index (Phi) is 8.57. The molecule has 0 bridgehead atoms. The summed E-state index contributed by atoms with van der Waals surface area (Å²) in [5.41, 5.74) is 2.96. The van der Waals surface area contributed by atoms with Gasteiger partial charge in [0.15, 0.2) is 0 Å². The Hall–Kier alpha value is -0.820. The summed E-state index contributed by atoms with van der Waals surface area (Å²) in [6, 6.07) is 9.89. The fraction of sp³-hybridized carbons (Fsp3) is 0.667. The summed E-state index contributed by atoms with van der Waals surface area (Å²) in [6.45, 7) is 7.77.